The molecule has 110 valence electrons. The van der Waals surface area contributed by atoms with Crippen LogP contribution < -0.4 is 16.0 Å². The van der Waals surface area contributed by atoms with Crippen molar-refractivity contribution in [2.45, 2.75) is 32.2 Å². The summed E-state index contributed by atoms with van der Waals surface area (Å²) >= 11 is 0. The molecular weight excluding hydrogens is 254 g/mol. The number of carbonyl (C=O) groups is 1. The number of carbonyl (C=O) groups excluding carboxylic acids is 1. The molecule has 1 fully saturated rings. The Balaban J connectivity index is 1.89. The number of aromatic nitrogens is 2. The highest BCUT2D eigenvalue weighted by Crippen LogP contribution is 2.15. The molecular formula is C14H23N5O. The molecule has 1 aliphatic rings. The van der Waals surface area contributed by atoms with Crippen LogP contribution in [0.15, 0.2) is 18.5 Å². The van der Waals surface area contributed by atoms with Crippen LogP contribution in [0.1, 0.15) is 26.2 Å². The van der Waals surface area contributed by atoms with Gasteiger partial charge in [-0.15, -0.1) is 0 Å². The van der Waals surface area contributed by atoms with Crippen LogP contribution in [0.5, 0.6) is 0 Å². The number of amides is 1. The van der Waals surface area contributed by atoms with Gasteiger partial charge >= 0.3 is 0 Å². The van der Waals surface area contributed by atoms with Crippen LogP contribution in [0, 0.1) is 5.92 Å². The van der Waals surface area contributed by atoms with Crippen molar-refractivity contribution < 1.29 is 4.79 Å². The second kappa shape index (κ2) is 7.19. The van der Waals surface area contributed by atoms with Crippen molar-refractivity contribution in [2.75, 3.05) is 24.5 Å². The van der Waals surface area contributed by atoms with Crippen molar-refractivity contribution in [1.29, 1.82) is 0 Å². The van der Waals surface area contributed by atoms with E-state index < -0.39 is 0 Å². The highest BCUT2D eigenvalue weighted by atomic mass is 16.1. The van der Waals surface area contributed by atoms with Gasteiger partial charge in [-0.1, -0.05) is 6.92 Å². The lowest BCUT2D eigenvalue weighted by atomic mass is 10.0. The summed E-state index contributed by atoms with van der Waals surface area (Å²) in [5.74, 6) is 0.807. The quantitative estimate of drug-likeness (QED) is 0.821. The van der Waals surface area contributed by atoms with E-state index in [1.807, 2.05) is 6.92 Å². The number of rotatable bonds is 5. The SMILES string of the molecule is CC(CCN)C(=O)NC1CCCN(c2ncccn2)C1. The lowest BCUT2D eigenvalue weighted by Gasteiger charge is -2.33. The normalized spacial score (nSPS) is 20.5. The number of nitrogens with zero attached hydrogens (tertiary/aromatic N) is 3. The molecule has 0 bridgehead atoms. The minimum atomic E-state index is -0.0247. The van der Waals surface area contributed by atoms with Gasteiger partial charge in [-0.25, -0.2) is 9.97 Å². The molecule has 2 unspecified atom stereocenters. The third-order valence-corrected chi connectivity index (χ3v) is 3.65. The molecule has 6 heteroatoms. The number of hydrogen-bond donors (Lipinski definition) is 2. The van der Waals surface area contributed by atoms with Gasteiger partial charge in [-0.05, 0) is 31.9 Å². The Kier molecular flexibility index (Phi) is 5.29. The molecule has 0 aliphatic carbocycles. The zero-order valence-corrected chi connectivity index (χ0v) is 12.0. The minimum absolute atomic E-state index is 0.0247. The summed E-state index contributed by atoms with van der Waals surface area (Å²) in [6.07, 6.45) is 6.25. The van der Waals surface area contributed by atoms with Gasteiger partial charge in [0, 0.05) is 37.4 Å². The second-order valence-corrected chi connectivity index (χ2v) is 5.32. The van der Waals surface area contributed by atoms with Crippen LogP contribution in [-0.2, 0) is 4.79 Å². The largest absolute Gasteiger partial charge is 0.351 e. The number of piperidine rings is 1. The summed E-state index contributed by atoms with van der Waals surface area (Å²) < 4.78 is 0. The summed E-state index contributed by atoms with van der Waals surface area (Å²) in [5.41, 5.74) is 5.49. The summed E-state index contributed by atoms with van der Waals surface area (Å²) in [6, 6.07) is 1.97. The molecule has 6 nitrogen and oxygen atoms in total. The van der Waals surface area contributed by atoms with Gasteiger partial charge in [0.25, 0.3) is 0 Å². The maximum atomic E-state index is 12.0. The van der Waals surface area contributed by atoms with Crippen molar-refractivity contribution in [2.24, 2.45) is 11.7 Å². The predicted molar refractivity (Wildman–Crippen MR) is 78.2 cm³/mol. The number of nitrogens with one attached hydrogen (secondary N) is 1. The van der Waals surface area contributed by atoms with Crippen molar-refractivity contribution >= 4 is 11.9 Å². The fraction of sp³-hybridized carbons (Fsp3) is 0.643. The molecule has 2 heterocycles. The van der Waals surface area contributed by atoms with Gasteiger partial charge in [0.1, 0.15) is 0 Å². The molecule has 2 rings (SSSR count). The van der Waals surface area contributed by atoms with E-state index in [2.05, 4.69) is 20.2 Å². The fourth-order valence-electron chi connectivity index (χ4n) is 2.46. The van der Waals surface area contributed by atoms with Crippen LogP contribution in [0.2, 0.25) is 0 Å². The monoisotopic (exact) mass is 277 g/mol. The standard InChI is InChI=1S/C14H23N5O/c1-11(5-6-15)13(20)18-12-4-2-9-19(10-12)14-16-7-3-8-17-14/h3,7-8,11-12H,2,4-6,9-10,15H2,1H3,(H,18,20). The smallest absolute Gasteiger partial charge is 0.225 e. The molecule has 1 aromatic rings. The van der Waals surface area contributed by atoms with Gasteiger partial charge < -0.3 is 16.0 Å². The van der Waals surface area contributed by atoms with E-state index in [1.165, 1.54) is 0 Å². The second-order valence-electron chi connectivity index (χ2n) is 5.32. The Morgan fingerprint density at radius 2 is 2.30 bits per heavy atom. The van der Waals surface area contributed by atoms with Crippen LogP contribution in [0.3, 0.4) is 0 Å². The number of anilines is 1. The molecule has 2 atom stereocenters. The zero-order valence-electron chi connectivity index (χ0n) is 12.0. The predicted octanol–water partition coefficient (Wildman–Crippen LogP) is 0.547. The van der Waals surface area contributed by atoms with Gasteiger partial charge in [-0.2, -0.15) is 0 Å². The molecule has 0 radical (unpaired) electrons. The van der Waals surface area contributed by atoms with Crippen molar-refractivity contribution in [1.82, 2.24) is 15.3 Å². The Labute approximate surface area is 119 Å². The van der Waals surface area contributed by atoms with Gasteiger partial charge in [0.2, 0.25) is 11.9 Å². The summed E-state index contributed by atoms with van der Waals surface area (Å²) in [6.45, 7) is 4.17. The van der Waals surface area contributed by atoms with E-state index in [9.17, 15) is 4.79 Å². The van der Waals surface area contributed by atoms with Crippen LogP contribution in [-0.4, -0.2) is 41.6 Å². The van der Waals surface area contributed by atoms with Gasteiger partial charge in [0.05, 0.1) is 0 Å². The van der Waals surface area contributed by atoms with E-state index in [4.69, 9.17) is 5.73 Å². The molecule has 1 aliphatic heterocycles. The minimum Gasteiger partial charge on any atom is -0.351 e. The van der Waals surface area contributed by atoms with E-state index in [0.717, 1.165) is 38.3 Å². The van der Waals surface area contributed by atoms with E-state index in [0.29, 0.717) is 6.54 Å². The Bertz CT molecular complexity index is 425. The molecule has 3 N–H and O–H groups in total. The van der Waals surface area contributed by atoms with Crippen LogP contribution in [0.25, 0.3) is 0 Å². The van der Waals surface area contributed by atoms with Gasteiger partial charge in [0.15, 0.2) is 0 Å². The lowest BCUT2D eigenvalue weighted by molar-refractivity contribution is -0.125. The third kappa shape index (κ3) is 3.90. The zero-order chi connectivity index (χ0) is 14.4. The average molecular weight is 277 g/mol. The van der Waals surface area contributed by atoms with E-state index in [1.54, 1.807) is 18.5 Å². The van der Waals surface area contributed by atoms with Crippen LogP contribution in [0.4, 0.5) is 5.95 Å². The Morgan fingerprint density at radius 3 is 3.00 bits per heavy atom. The number of nitrogens with two attached hydrogens (primary N) is 1. The first-order valence-electron chi connectivity index (χ1n) is 7.23. The topological polar surface area (TPSA) is 84.1 Å². The lowest BCUT2D eigenvalue weighted by Crippen LogP contribution is -2.49. The first kappa shape index (κ1) is 14.7. The summed E-state index contributed by atoms with van der Waals surface area (Å²) in [7, 11) is 0. The molecule has 20 heavy (non-hydrogen) atoms. The molecule has 0 aromatic carbocycles. The van der Waals surface area contributed by atoms with E-state index >= 15 is 0 Å². The first-order chi connectivity index (χ1) is 9.70. The van der Waals surface area contributed by atoms with Gasteiger partial charge in [-0.3, -0.25) is 4.79 Å². The molecule has 0 saturated carbocycles. The van der Waals surface area contributed by atoms with E-state index in [-0.39, 0.29) is 17.9 Å². The molecule has 1 amide bonds. The average Bonchev–Trinajstić information content (AvgIpc) is 2.48. The molecule has 1 saturated heterocycles. The number of hydrogen-bond acceptors (Lipinski definition) is 5. The third-order valence-electron chi connectivity index (χ3n) is 3.65. The van der Waals surface area contributed by atoms with Crippen LogP contribution >= 0.6 is 0 Å². The molecule has 1 aromatic heterocycles. The Hall–Kier alpha value is -1.69. The van der Waals surface area contributed by atoms with Crippen molar-refractivity contribution in [3.8, 4) is 0 Å². The summed E-state index contributed by atoms with van der Waals surface area (Å²) in [4.78, 5) is 22.7. The Morgan fingerprint density at radius 1 is 1.55 bits per heavy atom. The highest BCUT2D eigenvalue weighted by molar-refractivity contribution is 5.78. The van der Waals surface area contributed by atoms with Crippen molar-refractivity contribution in [3.63, 3.8) is 0 Å². The fourth-order valence-corrected chi connectivity index (χ4v) is 2.46. The van der Waals surface area contributed by atoms with Crippen molar-refractivity contribution in [3.05, 3.63) is 18.5 Å². The highest BCUT2D eigenvalue weighted by Gasteiger charge is 2.24. The molecule has 0 spiro atoms. The maximum absolute atomic E-state index is 12.0. The first-order valence-corrected chi connectivity index (χ1v) is 7.23. The summed E-state index contributed by atoms with van der Waals surface area (Å²) in [5, 5.41) is 3.11. The maximum Gasteiger partial charge on any atom is 0.225 e.